The Hall–Kier alpha value is -2.38. The van der Waals surface area contributed by atoms with Crippen LogP contribution in [0.4, 0.5) is 0 Å². The summed E-state index contributed by atoms with van der Waals surface area (Å²) in [6, 6.07) is 11.9. The highest BCUT2D eigenvalue weighted by molar-refractivity contribution is 7.98. The summed E-state index contributed by atoms with van der Waals surface area (Å²) in [5, 5.41) is 2.73. The second kappa shape index (κ2) is 6.85. The Morgan fingerprint density at radius 2 is 2.08 bits per heavy atom. The first-order chi connectivity index (χ1) is 12.2. The van der Waals surface area contributed by atoms with E-state index in [0.717, 1.165) is 33.6 Å². The summed E-state index contributed by atoms with van der Waals surface area (Å²) in [7, 11) is 0. The third-order valence-corrected chi connectivity index (χ3v) is 5.55. The van der Waals surface area contributed by atoms with E-state index in [-0.39, 0.29) is 5.56 Å². The van der Waals surface area contributed by atoms with E-state index in [1.165, 1.54) is 16.9 Å². The minimum Gasteiger partial charge on any atom is -0.337 e. The molecule has 3 aromatic heterocycles. The van der Waals surface area contributed by atoms with Crippen molar-refractivity contribution in [3.63, 3.8) is 0 Å². The van der Waals surface area contributed by atoms with Gasteiger partial charge in [0.05, 0.1) is 11.4 Å². The van der Waals surface area contributed by atoms with Crippen molar-refractivity contribution < 1.29 is 0 Å². The summed E-state index contributed by atoms with van der Waals surface area (Å²) in [6.45, 7) is 2.04. The molecule has 4 rings (SSSR count). The summed E-state index contributed by atoms with van der Waals surface area (Å²) in [4.78, 5) is 25.3. The number of thiazole rings is 1. The molecule has 0 atom stereocenters. The zero-order chi connectivity index (χ0) is 17.2. The lowest BCUT2D eigenvalue weighted by Crippen LogP contribution is -2.12. The smallest absolute Gasteiger partial charge is 0.258 e. The summed E-state index contributed by atoms with van der Waals surface area (Å²) in [6.07, 6.45) is 2.56. The second-order valence-corrected chi connectivity index (χ2v) is 7.54. The highest BCUT2D eigenvalue weighted by atomic mass is 32.2. The zero-order valence-electron chi connectivity index (χ0n) is 13.6. The van der Waals surface area contributed by atoms with Crippen LogP contribution in [0.25, 0.3) is 4.96 Å². The van der Waals surface area contributed by atoms with E-state index in [1.807, 2.05) is 30.5 Å². The van der Waals surface area contributed by atoms with E-state index in [9.17, 15) is 4.79 Å². The molecule has 0 spiro atoms. The molecule has 126 valence electrons. The predicted molar refractivity (Wildman–Crippen MR) is 101 cm³/mol. The Morgan fingerprint density at radius 3 is 2.92 bits per heavy atom. The first-order valence-corrected chi connectivity index (χ1v) is 9.73. The van der Waals surface area contributed by atoms with E-state index < -0.39 is 0 Å². The third kappa shape index (κ3) is 3.52. The fourth-order valence-electron chi connectivity index (χ4n) is 2.60. The quantitative estimate of drug-likeness (QED) is 0.546. The molecule has 0 aliphatic carbocycles. The molecule has 0 radical (unpaired) electrons. The number of fused-ring (bicyclic) bond motifs is 1. The maximum Gasteiger partial charge on any atom is 0.258 e. The van der Waals surface area contributed by atoms with Gasteiger partial charge in [0.15, 0.2) is 10.1 Å². The minimum absolute atomic E-state index is 0.0396. The van der Waals surface area contributed by atoms with Gasteiger partial charge in [0.25, 0.3) is 5.56 Å². The molecule has 25 heavy (non-hydrogen) atoms. The van der Waals surface area contributed by atoms with Crippen molar-refractivity contribution in [2.24, 2.45) is 0 Å². The van der Waals surface area contributed by atoms with Crippen molar-refractivity contribution >= 4 is 28.1 Å². The van der Waals surface area contributed by atoms with Crippen molar-refractivity contribution in [2.75, 3.05) is 0 Å². The molecule has 5 nitrogen and oxygen atoms in total. The molecule has 0 saturated heterocycles. The van der Waals surface area contributed by atoms with Crippen molar-refractivity contribution in [1.82, 2.24) is 19.4 Å². The molecule has 0 unspecified atom stereocenters. The highest BCUT2D eigenvalue weighted by Crippen LogP contribution is 2.22. The van der Waals surface area contributed by atoms with Crippen molar-refractivity contribution in [3.8, 4) is 0 Å². The number of aromatic nitrogens is 4. The number of hydrogen-bond donors (Lipinski definition) is 1. The summed E-state index contributed by atoms with van der Waals surface area (Å²) >= 11 is 3.03. The standard InChI is InChI=1S/C18H16N4OS2/c1-12-15(9-13-5-3-2-4-6-13)21-17(19-12)25-11-14-10-16(23)22-7-8-24-18(22)20-14/h2-8,10H,9,11H2,1H3,(H,19,21). The number of benzene rings is 1. The number of rotatable bonds is 5. The average Bonchev–Trinajstić information content (AvgIpc) is 3.21. The van der Waals surface area contributed by atoms with Crippen LogP contribution in [0.3, 0.4) is 0 Å². The monoisotopic (exact) mass is 368 g/mol. The number of H-pyrrole nitrogens is 1. The first kappa shape index (κ1) is 16.1. The van der Waals surface area contributed by atoms with Crippen LogP contribution in [0, 0.1) is 6.92 Å². The molecule has 0 saturated carbocycles. The van der Waals surface area contributed by atoms with Gasteiger partial charge < -0.3 is 4.98 Å². The molecule has 0 amide bonds. The predicted octanol–water partition coefficient (Wildman–Crippen LogP) is 3.67. The molecular formula is C18H16N4OS2. The van der Waals surface area contributed by atoms with E-state index in [4.69, 9.17) is 4.98 Å². The molecule has 0 fully saturated rings. The van der Waals surface area contributed by atoms with Crippen LogP contribution in [-0.2, 0) is 12.2 Å². The number of nitrogens with zero attached hydrogens (tertiary/aromatic N) is 3. The number of nitrogens with one attached hydrogen (secondary N) is 1. The molecule has 3 heterocycles. The van der Waals surface area contributed by atoms with E-state index in [2.05, 4.69) is 22.1 Å². The van der Waals surface area contributed by atoms with Crippen molar-refractivity contribution in [3.05, 3.63) is 81.0 Å². The normalized spacial score (nSPS) is 11.2. The van der Waals surface area contributed by atoms with Gasteiger partial charge in [-0.15, -0.1) is 11.3 Å². The van der Waals surface area contributed by atoms with Gasteiger partial charge in [0.1, 0.15) is 0 Å². The van der Waals surface area contributed by atoms with Gasteiger partial charge in [-0.1, -0.05) is 42.1 Å². The van der Waals surface area contributed by atoms with Crippen LogP contribution in [0.5, 0.6) is 0 Å². The van der Waals surface area contributed by atoms with Crippen LogP contribution < -0.4 is 5.56 Å². The maximum atomic E-state index is 12.0. The Bertz CT molecular complexity index is 1070. The average molecular weight is 368 g/mol. The van der Waals surface area contributed by atoms with Crippen LogP contribution in [0.2, 0.25) is 0 Å². The number of aryl methyl sites for hydroxylation is 1. The Kier molecular flexibility index (Phi) is 4.42. The van der Waals surface area contributed by atoms with Gasteiger partial charge in [-0.3, -0.25) is 9.20 Å². The SMILES string of the molecule is Cc1[nH]c(SCc2cc(=O)n3ccsc3n2)nc1Cc1ccccc1. The first-order valence-electron chi connectivity index (χ1n) is 7.87. The third-order valence-electron chi connectivity index (χ3n) is 3.89. The van der Waals surface area contributed by atoms with Gasteiger partial charge in [0, 0.05) is 35.5 Å². The van der Waals surface area contributed by atoms with E-state index in [1.54, 1.807) is 28.4 Å². The van der Waals surface area contributed by atoms with Gasteiger partial charge in [-0.25, -0.2) is 9.97 Å². The zero-order valence-corrected chi connectivity index (χ0v) is 15.2. The number of imidazole rings is 1. The Morgan fingerprint density at radius 1 is 1.24 bits per heavy atom. The number of aromatic amines is 1. The molecule has 0 aliphatic heterocycles. The second-order valence-electron chi connectivity index (χ2n) is 5.71. The molecule has 4 aromatic rings. The molecule has 1 aromatic carbocycles. The molecule has 7 heteroatoms. The summed E-state index contributed by atoms with van der Waals surface area (Å²) < 4.78 is 1.56. The maximum absolute atomic E-state index is 12.0. The topological polar surface area (TPSA) is 63.0 Å². The molecule has 0 aliphatic rings. The number of hydrogen-bond acceptors (Lipinski definition) is 5. The van der Waals surface area contributed by atoms with Crippen LogP contribution in [0.15, 0.2) is 57.9 Å². The number of thioether (sulfide) groups is 1. The van der Waals surface area contributed by atoms with Gasteiger partial charge in [-0.2, -0.15) is 0 Å². The summed E-state index contributed by atoms with van der Waals surface area (Å²) in [5.41, 5.74) is 4.10. The largest absolute Gasteiger partial charge is 0.337 e. The van der Waals surface area contributed by atoms with Crippen LogP contribution >= 0.6 is 23.1 Å². The highest BCUT2D eigenvalue weighted by Gasteiger charge is 2.10. The van der Waals surface area contributed by atoms with Crippen LogP contribution in [0.1, 0.15) is 22.6 Å². The van der Waals surface area contributed by atoms with Gasteiger partial charge >= 0.3 is 0 Å². The van der Waals surface area contributed by atoms with Gasteiger partial charge in [-0.05, 0) is 12.5 Å². The fourth-order valence-corrected chi connectivity index (χ4v) is 4.17. The Labute approximate surface area is 152 Å². The fraction of sp³-hybridized carbons (Fsp3) is 0.167. The lowest BCUT2D eigenvalue weighted by Gasteiger charge is -1.99. The van der Waals surface area contributed by atoms with Crippen molar-refractivity contribution in [1.29, 1.82) is 0 Å². The van der Waals surface area contributed by atoms with Crippen LogP contribution in [-0.4, -0.2) is 19.4 Å². The molecular weight excluding hydrogens is 352 g/mol. The Balaban J connectivity index is 1.49. The minimum atomic E-state index is -0.0396. The van der Waals surface area contributed by atoms with E-state index >= 15 is 0 Å². The lowest BCUT2D eigenvalue weighted by atomic mass is 10.1. The molecule has 0 bridgehead atoms. The summed E-state index contributed by atoms with van der Waals surface area (Å²) in [5.74, 6) is 0.612. The van der Waals surface area contributed by atoms with Crippen molar-refractivity contribution in [2.45, 2.75) is 24.3 Å². The lowest BCUT2D eigenvalue weighted by molar-refractivity contribution is 1.00. The van der Waals surface area contributed by atoms with Gasteiger partial charge in [0.2, 0.25) is 0 Å². The van der Waals surface area contributed by atoms with E-state index in [0.29, 0.717) is 5.75 Å². The molecule has 1 N–H and O–H groups in total.